The molecule has 0 saturated heterocycles. The third-order valence-corrected chi connectivity index (χ3v) is 23.0. The summed E-state index contributed by atoms with van der Waals surface area (Å²) in [5.41, 5.74) is 2.36. The third kappa shape index (κ3) is 8.07. The maximum absolute atomic E-state index is 17.5. The van der Waals surface area contributed by atoms with Crippen LogP contribution in [0.1, 0.15) is 49.9 Å². The minimum absolute atomic E-state index is 0.121. The SMILES string of the molecule is CC(C)(c1c(-c2ccccc2C(F)(F)F)c(-n2c3ccccc3c3ccc4sc5ccccc5c4c32)c(C(C)(C)n2c3ccccc3c3ccccc32)c(-n2c3ccccc3c3ccc4sc5ccccc5c4c32)c1-c1ccccc1C(F)(F)F)n1c2ccccc2c2ccccc21. The van der Waals surface area contributed by atoms with Gasteiger partial charge in [0, 0.05) is 122 Å². The summed E-state index contributed by atoms with van der Waals surface area (Å²) < 4.78 is 118. The molecule has 0 aliphatic rings. The predicted octanol–water partition coefficient (Wildman–Crippen LogP) is 25.8. The monoisotopic (exact) mass is 1320 g/mol. The molecule has 0 saturated carbocycles. The molecular formula is C86H56F6N4S2. The molecule has 474 valence electrons. The third-order valence-electron chi connectivity index (χ3n) is 20.7. The van der Waals surface area contributed by atoms with Crippen LogP contribution in [-0.2, 0) is 23.4 Å². The fourth-order valence-corrected chi connectivity index (χ4v) is 19.3. The molecule has 0 aliphatic heterocycles. The van der Waals surface area contributed by atoms with Crippen molar-refractivity contribution in [3.05, 3.63) is 289 Å². The number of alkyl halides is 6. The van der Waals surface area contributed by atoms with E-state index in [1.807, 2.05) is 135 Å². The van der Waals surface area contributed by atoms with E-state index in [9.17, 15) is 0 Å². The molecule has 0 amide bonds. The summed E-state index contributed by atoms with van der Waals surface area (Å²) in [5.74, 6) is 0. The summed E-state index contributed by atoms with van der Waals surface area (Å²) in [4.78, 5) is 0. The van der Waals surface area contributed by atoms with E-state index < -0.39 is 34.6 Å². The standard InChI is InChI=1S/C86H56F6N4S2/c1-83(2,95-65-39-19-9-25-49(65)50-26-10-20-40-66(50)95)77-75(57-31-5-15-35-61(57)85(87,88)89)81(93-63-37-17-7-29-53(63)55-45-47-71-73(79(55)93)59-33-13-23-43-69(59)97-71)78(84(3,4)96-67-41-21-11-27-51(67)52-28-12-22-42-68(52)96)82(76(77)58-32-6-16-36-62(58)86(90,91)92)94-64-38-18-8-30-54(64)56-46-48-72-74(80(56)94)60-34-14-24-44-70(60)98-72/h5-48H,1-4H3. The topological polar surface area (TPSA) is 19.7 Å². The van der Waals surface area contributed by atoms with Gasteiger partial charge >= 0.3 is 12.4 Å². The van der Waals surface area contributed by atoms with Crippen LogP contribution in [-0.4, -0.2) is 18.3 Å². The number of hydrogen-bond donors (Lipinski definition) is 0. The van der Waals surface area contributed by atoms with Crippen LogP contribution in [0.2, 0.25) is 0 Å². The van der Waals surface area contributed by atoms with Crippen LogP contribution in [0.3, 0.4) is 0 Å². The lowest BCUT2D eigenvalue weighted by atomic mass is 9.73. The van der Waals surface area contributed by atoms with E-state index in [0.717, 1.165) is 129 Å². The molecule has 0 aliphatic carbocycles. The van der Waals surface area contributed by atoms with E-state index in [2.05, 4.69) is 129 Å². The van der Waals surface area contributed by atoms with Crippen molar-refractivity contribution < 1.29 is 26.3 Å². The van der Waals surface area contributed by atoms with Crippen molar-refractivity contribution in [3.63, 3.8) is 0 Å². The summed E-state index contributed by atoms with van der Waals surface area (Å²) >= 11 is 3.29. The van der Waals surface area contributed by atoms with Gasteiger partial charge in [-0.15, -0.1) is 22.7 Å². The minimum atomic E-state index is -5.01. The molecule has 0 fully saturated rings. The largest absolute Gasteiger partial charge is 0.417 e. The van der Waals surface area contributed by atoms with Gasteiger partial charge in [-0.3, -0.25) is 0 Å². The van der Waals surface area contributed by atoms with Gasteiger partial charge in [-0.1, -0.05) is 194 Å². The molecule has 0 atom stereocenters. The van der Waals surface area contributed by atoms with Gasteiger partial charge in [0.2, 0.25) is 0 Å². The first-order chi connectivity index (χ1) is 47.5. The summed E-state index contributed by atoms with van der Waals surface area (Å²) in [6.45, 7) is 8.24. The fraction of sp³-hybridized carbons (Fsp3) is 0.0930. The molecule has 6 heterocycles. The van der Waals surface area contributed by atoms with Crippen LogP contribution in [0.25, 0.3) is 161 Å². The number of aromatic nitrogens is 4. The van der Waals surface area contributed by atoms with E-state index >= 15 is 26.3 Å². The lowest BCUT2D eigenvalue weighted by Gasteiger charge is -2.42. The number of halogens is 6. The molecule has 0 spiro atoms. The van der Waals surface area contributed by atoms with Crippen molar-refractivity contribution in [3.8, 4) is 33.6 Å². The predicted molar refractivity (Wildman–Crippen MR) is 398 cm³/mol. The van der Waals surface area contributed by atoms with Crippen molar-refractivity contribution in [1.82, 2.24) is 18.3 Å². The first kappa shape index (κ1) is 58.4. The Hall–Kier alpha value is -10.9. The number of nitrogens with zero attached hydrogens (tertiary/aromatic N) is 4. The molecule has 0 unspecified atom stereocenters. The highest BCUT2D eigenvalue weighted by atomic mass is 32.1. The Bertz CT molecular complexity index is 6240. The molecule has 19 aromatic rings. The van der Waals surface area contributed by atoms with E-state index in [1.165, 1.54) is 12.1 Å². The molecule has 0 N–H and O–H groups in total. The van der Waals surface area contributed by atoms with Crippen LogP contribution in [0.4, 0.5) is 26.3 Å². The van der Waals surface area contributed by atoms with Crippen molar-refractivity contribution >= 4 is 150 Å². The number of thiophene rings is 2. The molecule has 19 rings (SSSR count). The normalized spacial score (nSPS) is 13.0. The van der Waals surface area contributed by atoms with E-state index in [0.29, 0.717) is 28.0 Å². The second kappa shape index (κ2) is 20.8. The Morgan fingerprint density at radius 2 is 0.551 bits per heavy atom. The maximum atomic E-state index is 17.5. The van der Waals surface area contributed by atoms with Gasteiger partial charge < -0.3 is 18.3 Å². The second-order valence-electron chi connectivity index (χ2n) is 26.7. The molecule has 0 bridgehead atoms. The zero-order valence-electron chi connectivity index (χ0n) is 53.3. The summed E-state index contributed by atoms with van der Waals surface area (Å²) in [7, 11) is 0. The van der Waals surface area contributed by atoms with Crippen LogP contribution in [0, 0.1) is 0 Å². The number of rotatable bonds is 8. The quantitative estimate of drug-likeness (QED) is 0.135. The van der Waals surface area contributed by atoms with Gasteiger partial charge in [-0.25, -0.2) is 0 Å². The fourth-order valence-electron chi connectivity index (χ4n) is 17.1. The molecular weight excluding hydrogens is 1270 g/mol. The van der Waals surface area contributed by atoms with Gasteiger partial charge in [-0.2, -0.15) is 26.3 Å². The van der Waals surface area contributed by atoms with E-state index in [4.69, 9.17) is 0 Å². The van der Waals surface area contributed by atoms with Gasteiger partial charge in [0.1, 0.15) is 0 Å². The molecule has 6 aromatic heterocycles. The van der Waals surface area contributed by atoms with Crippen molar-refractivity contribution in [2.75, 3.05) is 0 Å². The lowest BCUT2D eigenvalue weighted by Crippen LogP contribution is -2.35. The minimum Gasteiger partial charge on any atom is -0.331 e. The van der Waals surface area contributed by atoms with Crippen molar-refractivity contribution in [1.29, 1.82) is 0 Å². The van der Waals surface area contributed by atoms with Gasteiger partial charge in [0.05, 0.1) is 55.6 Å². The number of fused-ring (bicyclic) bond motifs is 20. The average Bonchev–Trinajstić information content (AvgIpc) is 1.52. The van der Waals surface area contributed by atoms with E-state index in [1.54, 1.807) is 46.9 Å². The Balaban J connectivity index is 1.22. The first-order valence-electron chi connectivity index (χ1n) is 32.7. The summed E-state index contributed by atoms with van der Waals surface area (Å²) in [6.07, 6.45) is -10.0. The molecule has 12 heteroatoms. The van der Waals surface area contributed by atoms with Crippen molar-refractivity contribution in [2.45, 2.75) is 51.1 Å². The second-order valence-corrected chi connectivity index (χ2v) is 28.9. The highest BCUT2D eigenvalue weighted by Crippen LogP contribution is 2.60. The zero-order valence-corrected chi connectivity index (χ0v) is 54.9. The van der Waals surface area contributed by atoms with Crippen LogP contribution >= 0.6 is 22.7 Å². The highest BCUT2D eigenvalue weighted by molar-refractivity contribution is 7.26. The molecule has 0 radical (unpaired) electrons. The van der Waals surface area contributed by atoms with Crippen LogP contribution < -0.4 is 0 Å². The first-order valence-corrected chi connectivity index (χ1v) is 34.4. The van der Waals surface area contributed by atoms with Crippen LogP contribution in [0.5, 0.6) is 0 Å². The molecule has 13 aromatic carbocycles. The van der Waals surface area contributed by atoms with Crippen LogP contribution in [0.15, 0.2) is 267 Å². The Morgan fingerprint density at radius 3 is 0.908 bits per heavy atom. The Morgan fingerprint density at radius 1 is 0.265 bits per heavy atom. The molecule has 4 nitrogen and oxygen atoms in total. The highest BCUT2D eigenvalue weighted by Gasteiger charge is 2.47. The van der Waals surface area contributed by atoms with Gasteiger partial charge in [0.15, 0.2) is 0 Å². The Kier molecular flexibility index (Phi) is 12.4. The van der Waals surface area contributed by atoms with Gasteiger partial charge in [0.25, 0.3) is 0 Å². The number of para-hydroxylation sites is 6. The van der Waals surface area contributed by atoms with Gasteiger partial charge in [-0.05, 0) is 117 Å². The Labute approximate surface area is 565 Å². The summed E-state index contributed by atoms with van der Waals surface area (Å²) in [6, 6.07) is 85.1. The number of hydrogen-bond acceptors (Lipinski definition) is 2. The number of benzene rings is 13. The molecule has 98 heavy (non-hydrogen) atoms. The average molecular weight is 1320 g/mol. The lowest BCUT2D eigenvalue weighted by molar-refractivity contribution is -0.137. The van der Waals surface area contributed by atoms with E-state index in [-0.39, 0.29) is 27.8 Å². The smallest absolute Gasteiger partial charge is 0.331 e. The van der Waals surface area contributed by atoms with Crippen molar-refractivity contribution in [2.24, 2.45) is 0 Å². The maximum Gasteiger partial charge on any atom is 0.417 e. The zero-order chi connectivity index (χ0) is 66.5. The summed E-state index contributed by atoms with van der Waals surface area (Å²) in [5, 5.41) is 10.7.